The molecule has 2 heterocycles. The molecule has 2 aromatic rings. The molecule has 0 saturated carbocycles. The number of hydrogen-bond donors (Lipinski definition) is 1. The summed E-state index contributed by atoms with van der Waals surface area (Å²) in [5.74, 6) is 1.49. The number of nitrogens with one attached hydrogen (secondary N) is 1. The second kappa shape index (κ2) is 4.90. The molecule has 1 amide bonds. The van der Waals surface area contributed by atoms with Crippen LogP contribution in [-0.4, -0.2) is 5.91 Å². The average molecular weight is 240 g/mol. The van der Waals surface area contributed by atoms with Crippen LogP contribution >= 0.6 is 11.6 Å². The fourth-order valence-electron chi connectivity index (χ4n) is 1.24. The summed E-state index contributed by atoms with van der Waals surface area (Å²) in [7, 11) is 0. The van der Waals surface area contributed by atoms with Crippen LogP contribution in [-0.2, 0) is 12.4 Å². The maximum atomic E-state index is 11.6. The Kier molecular flexibility index (Phi) is 3.31. The smallest absolute Gasteiger partial charge is 0.287 e. The first-order valence-corrected chi connectivity index (χ1v) is 5.28. The first kappa shape index (κ1) is 10.8. The SMILES string of the molecule is O=C(NCc1ccco1)c1ccc(CCl)o1. The molecule has 0 bridgehead atoms. The Morgan fingerprint density at radius 3 is 2.81 bits per heavy atom. The highest BCUT2D eigenvalue weighted by atomic mass is 35.5. The fourth-order valence-corrected chi connectivity index (χ4v) is 1.38. The van der Waals surface area contributed by atoms with E-state index in [1.54, 1.807) is 30.5 Å². The molecular weight excluding hydrogens is 230 g/mol. The Labute approximate surface area is 97.2 Å². The molecule has 0 aromatic carbocycles. The average Bonchev–Trinajstić information content (AvgIpc) is 2.96. The molecule has 1 N–H and O–H groups in total. The van der Waals surface area contributed by atoms with Gasteiger partial charge in [0, 0.05) is 0 Å². The van der Waals surface area contributed by atoms with Crippen molar-refractivity contribution in [3.8, 4) is 0 Å². The molecule has 0 aliphatic heterocycles. The number of amides is 1. The van der Waals surface area contributed by atoms with Crippen molar-refractivity contribution in [1.29, 1.82) is 0 Å². The maximum absolute atomic E-state index is 11.6. The van der Waals surface area contributed by atoms with Gasteiger partial charge in [-0.25, -0.2) is 0 Å². The normalized spacial score (nSPS) is 10.3. The Hall–Kier alpha value is -1.68. The first-order valence-electron chi connectivity index (χ1n) is 4.75. The molecule has 84 valence electrons. The molecule has 0 atom stereocenters. The van der Waals surface area contributed by atoms with E-state index in [1.165, 1.54) is 0 Å². The van der Waals surface area contributed by atoms with E-state index in [-0.39, 0.29) is 17.5 Å². The number of furan rings is 2. The summed E-state index contributed by atoms with van der Waals surface area (Å²) in [6.45, 7) is 0.336. The third-order valence-electron chi connectivity index (χ3n) is 2.02. The number of alkyl halides is 1. The number of rotatable bonds is 4. The summed E-state index contributed by atoms with van der Waals surface area (Å²) < 4.78 is 10.3. The van der Waals surface area contributed by atoms with Gasteiger partial charge in [-0.3, -0.25) is 4.79 Å². The lowest BCUT2D eigenvalue weighted by atomic mass is 10.4. The molecule has 0 unspecified atom stereocenters. The predicted molar refractivity (Wildman–Crippen MR) is 58.1 cm³/mol. The highest BCUT2D eigenvalue weighted by molar-refractivity contribution is 6.16. The van der Waals surface area contributed by atoms with Crippen molar-refractivity contribution in [2.45, 2.75) is 12.4 Å². The van der Waals surface area contributed by atoms with Gasteiger partial charge in [0.05, 0.1) is 18.7 Å². The molecule has 0 saturated heterocycles. The third-order valence-corrected chi connectivity index (χ3v) is 2.28. The summed E-state index contributed by atoms with van der Waals surface area (Å²) in [5, 5.41) is 2.67. The maximum Gasteiger partial charge on any atom is 0.287 e. The molecule has 0 aliphatic rings. The molecule has 16 heavy (non-hydrogen) atoms. The lowest BCUT2D eigenvalue weighted by molar-refractivity contribution is 0.0919. The van der Waals surface area contributed by atoms with Crippen molar-refractivity contribution >= 4 is 17.5 Å². The van der Waals surface area contributed by atoms with E-state index < -0.39 is 0 Å². The number of halogens is 1. The third kappa shape index (κ3) is 2.46. The minimum atomic E-state index is -0.284. The van der Waals surface area contributed by atoms with Crippen LogP contribution in [0.15, 0.2) is 39.4 Å². The van der Waals surface area contributed by atoms with Gasteiger partial charge in [0.15, 0.2) is 5.76 Å². The molecule has 0 radical (unpaired) electrons. The van der Waals surface area contributed by atoms with Crippen LogP contribution < -0.4 is 5.32 Å². The van der Waals surface area contributed by atoms with Crippen LogP contribution in [0, 0.1) is 0 Å². The largest absolute Gasteiger partial charge is 0.467 e. The van der Waals surface area contributed by atoms with Crippen molar-refractivity contribution < 1.29 is 13.6 Å². The number of carbonyl (C=O) groups excluding carboxylic acids is 1. The van der Waals surface area contributed by atoms with Crippen LogP contribution in [0.4, 0.5) is 0 Å². The zero-order chi connectivity index (χ0) is 11.4. The van der Waals surface area contributed by atoms with E-state index >= 15 is 0 Å². The topological polar surface area (TPSA) is 55.4 Å². The second-order valence-corrected chi connectivity index (χ2v) is 3.43. The zero-order valence-electron chi connectivity index (χ0n) is 8.40. The van der Waals surface area contributed by atoms with Crippen LogP contribution in [0.5, 0.6) is 0 Å². The van der Waals surface area contributed by atoms with E-state index in [1.807, 2.05) is 0 Å². The van der Waals surface area contributed by atoms with Gasteiger partial charge < -0.3 is 14.2 Å². The Balaban J connectivity index is 1.93. The summed E-state index contributed by atoms with van der Waals surface area (Å²) >= 11 is 5.56. The van der Waals surface area contributed by atoms with E-state index in [9.17, 15) is 4.79 Å². The number of carbonyl (C=O) groups is 1. The standard InChI is InChI=1S/C11H10ClNO3/c12-6-8-3-4-10(16-8)11(14)13-7-9-2-1-5-15-9/h1-5H,6-7H2,(H,13,14). The molecule has 5 heteroatoms. The van der Waals surface area contributed by atoms with E-state index in [0.717, 1.165) is 0 Å². The van der Waals surface area contributed by atoms with E-state index in [0.29, 0.717) is 18.1 Å². The second-order valence-electron chi connectivity index (χ2n) is 3.16. The van der Waals surface area contributed by atoms with Gasteiger partial charge in [-0.2, -0.15) is 0 Å². The lowest BCUT2D eigenvalue weighted by Gasteiger charge is -1.99. The number of hydrogen-bond acceptors (Lipinski definition) is 3. The van der Waals surface area contributed by atoms with Gasteiger partial charge in [0.25, 0.3) is 5.91 Å². The van der Waals surface area contributed by atoms with Crippen molar-refractivity contribution in [1.82, 2.24) is 5.32 Å². The predicted octanol–water partition coefficient (Wildman–Crippen LogP) is 2.54. The summed E-state index contributed by atoms with van der Waals surface area (Å²) in [5.41, 5.74) is 0. The Morgan fingerprint density at radius 1 is 1.31 bits per heavy atom. The fraction of sp³-hybridized carbons (Fsp3) is 0.182. The van der Waals surface area contributed by atoms with Gasteiger partial charge in [0.1, 0.15) is 11.5 Å². The van der Waals surface area contributed by atoms with Crippen molar-refractivity contribution in [2.75, 3.05) is 0 Å². The van der Waals surface area contributed by atoms with Gasteiger partial charge >= 0.3 is 0 Å². The van der Waals surface area contributed by atoms with E-state index in [4.69, 9.17) is 20.4 Å². The summed E-state index contributed by atoms with van der Waals surface area (Å²) in [6, 6.07) is 6.82. The first-order chi connectivity index (χ1) is 7.79. The lowest BCUT2D eigenvalue weighted by Crippen LogP contribution is -2.21. The highest BCUT2D eigenvalue weighted by Crippen LogP contribution is 2.10. The van der Waals surface area contributed by atoms with Crippen LogP contribution in [0.25, 0.3) is 0 Å². The monoisotopic (exact) mass is 239 g/mol. The van der Waals surface area contributed by atoms with Crippen LogP contribution in [0.3, 0.4) is 0 Å². The van der Waals surface area contributed by atoms with Crippen molar-refractivity contribution in [3.05, 3.63) is 47.8 Å². The van der Waals surface area contributed by atoms with Crippen LogP contribution in [0.1, 0.15) is 22.1 Å². The van der Waals surface area contributed by atoms with Gasteiger partial charge in [-0.15, -0.1) is 11.6 Å². The molecular formula is C11H10ClNO3. The molecule has 0 spiro atoms. The Bertz CT molecular complexity index is 461. The molecule has 2 rings (SSSR count). The zero-order valence-corrected chi connectivity index (χ0v) is 9.16. The molecule has 0 aliphatic carbocycles. The van der Waals surface area contributed by atoms with Crippen molar-refractivity contribution in [2.24, 2.45) is 0 Å². The molecule has 0 fully saturated rings. The van der Waals surface area contributed by atoms with E-state index in [2.05, 4.69) is 5.32 Å². The molecule has 2 aromatic heterocycles. The minimum Gasteiger partial charge on any atom is -0.467 e. The quantitative estimate of drug-likeness (QED) is 0.835. The summed E-state index contributed by atoms with van der Waals surface area (Å²) in [6.07, 6.45) is 1.56. The summed E-state index contributed by atoms with van der Waals surface area (Å²) in [4.78, 5) is 11.6. The molecule has 4 nitrogen and oxygen atoms in total. The minimum absolute atomic E-state index is 0.252. The highest BCUT2D eigenvalue weighted by Gasteiger charge is 2.10. The van der Waals surface area contributed by atoms with Crippen molar-refractivity contribution in [3.63, 3.8) is 0 Å². The van der Waals surface area contributed by atoms with Crippen LogP contribution in [0.2, 0.25) is 0 Å². The van der Waals surface area contributed by atoms with Gasteiger partial charge in [0.2, 0.25) is 0 Å². The van der Waals surface area contributed by atoms with Gasteiger partial charge in [-0.1, -0.05) is 0 Å². The Morgan fingerprint density at radius 2 is 2.19 bits per heavy atom. The van der Waals surface area contributed by atoms with Gasteiger partial charge in [-0.05, 0) is 24.3 Å².